The maximum Gasteiger partial charge on any atom is 0.258 e. The highest BCUT2D eigenvalue weighted by atomic mass is 19.1. The summed E-state index contributed by atoms with van der Waals surface area (Å²) in [7, 11) is 0. The smallest absolute Gasteiger partial charge is 0.258 e. The monoisotopic (exact) mass is 287 g/mol. The molecule has 0 radical (unpaired) electrons. The fourth-order valence-electron chi connectivity index (χ4n) is 2.19. The van der Waals surface area contributed by atoms with Crippen LogP contribution < -0.4 is 4.90 Å². The van der Waals surface area contributed by atoms with Gasteiger partial charge >= 0.3 is 0 Å². The van der Waals surface area contributed by atoms with Crippen LogP contribution in [0.15, 0.2) is 36.4 Å². The Morgan fingerprint density at radius 1 is 1.14 bits per heavy atom. The van der Waals surface area contributed by atoms with E-state index in [1.807, 2.05) is 13.8 Å². The number of aromatic hydroxyl groups is 1. The second-order valence-electron chi connectivity index (χ2n) is 4.98. The summed E-state index contributed by atoms with van der Waals surface area (Å²) in [6.07, 6.45) is 0. The number of phenols is 1. The summed E-state index contributed by atoms with van der Waals surface area (Å²) in [5.41, 5.74) is 2.30. The van der Waals surface area contributed by atoms with Crippen molar-refractivity contribution in [2.75, 3.05) is 11.4 Å². The third-order valence-corrected chi connectivity index (χ3v) is 3.46. The van der Waals surface area contributed by atoms with Crippen molar-refractivity contribution in [2.24, 2.45) is 0 Å². The lowest BCUT2D eigenvalue weighted by atomic mass is 10.1. The van der Waals surface area contributed by atoms with Crippen LogP contribution >= 0.6 is 0 Å². The number of carbonyl (C=O) groups excluding carboxylic acids is 1. The van der Waals surface area contributed by atoms with Gasteiger partial charge in [-0.3, -0.25) is 4.79 Å². The first-order valence-electron chi connectivity index (χ1n) is 6.81. The molecule has 3 nitrogen and oxygen atoms in total. The maximum absolute atomic E-state index is 13.6. The molecule has 0 bridgehead atoms. The summed E-state index contributed by atoms with van der Waals surface area (Å²) in [6, 6.07) is 9.31. The molecule has 0 aromatic heterocycles. The van der Waals surface area contributed by atoms with E-state index in [2.05, 4.69) is 0 Å². The van der Waals surface area contributed by atoms with Crippen molar-refractivity contribution in [3.63, 3.8) is 0 Å². The van der Waals surface area contributed by atoms with Crippen molar-refractivity contribution in [3.05, 3.63) is 58.9 Å². The highest BCUT2D eigenvalue weighted by Crippen LogP contribution is 2.26. The predicted octanol–water partition coefficient (Wildman–Crippen LogP) is 3.81. The number of benzene rings is 2. The molecule has 0 heterocycles. The van der Waals surface area contributed by atoms with E-state index < -0.39 is 5.82 Å². The normalized spacial score (nSPS) is 10.5. The van der Waals surface area contributed by atoms with Gasteiger partial charge in [0.25, 0.3) is 5.91 Å². The minimum atomic E-state index is -0.399. The van der Waals surface area contributed by atoms with Crippen molar-refractivity contribution in [2.45, 2.75) is 20.8 Å². The molecule has 4 heteroatoms. The quantitative estimate of drug-likeness (QED) is 0.932. The second-order valence-corrected chi connectivity index (χ2v) is 4.98. The van der Waals surface area contributed by atoms with E-state index in [0.717, 1.165) is 5.56 Å². The fourth-order valence-corrected chi connectivity index (χ4v) is 2.19. The maximum atomic E-state index is 13.6. The number of hydrogen-bond donors (Lipinski definition) is 1. The number of phenolic OH excluding ortho intramolecular Hbond substituents is 1. The number of nitrogens with zero attached hydrogens (tertiary/aromatic N) is 1. The molecule has 1 amide bonds. The van der Waals surface area contributed by atoms with Crippen molar-refractivity contribution < 1.29 is 14.3 Å². The summed E-state index contributed by atoms with van der Waals surface area (Å²) < 4.78 is 13.6. The number of amides is 1. The molecule has 21 heavy (non-hydrogen) atoms. The first-order chi connectivity index (χ1) is 9.93. The van der Waals surface area contributed by atoms with E-state index in [1.165, 1.54) is 11.0 Å². The molecule has 0 atom stereocenters. The summed E-state index contributed by atoms with van der Waals surface area (Å²) in [5, 5.41) is 9.62. The first-order valence-corrected chi connectivity index (χ1v) is 6.81. The number of hydrogen-bond acceptors (Lipinski definition) is 2. The Kier molecular flexibility index (Phi) is 4.26. The molecule has 0 saturated heterocycles. The summed E-state index contributed by atoms with van der Waals surface area (Å²) in [4.78, 5) is 14.1. The van der Waals surface area contributed by atoms with Crippen molar-refractivity contribution in [1.29, 1.82) is 0 Å². The molecule has 0 aliphatic heterocycles. The average Bonchev–Trinajstić information content (AvgIpc) is 2.46. The first kappa shape index (κ1) is 15.0. The van der Waals surface area contributed by atoms with Crippen LogP contribution in [0.5, 0.6) is 5.75 Å². The Morgan fingerprint density at radius 2 is 1.81 bits per heavy atom. The van der Waals surface area contributed by atoms with Gasteiger partial charge in [-0.1, -0.05) is 12.1 Å². The Morgan fingerprint density at radius 3 is 2.43 bits per heavy atom. The molecule has 2 aromatic carbocycles. The Balaban J connectivity index is 2.43. The van der Waals surface area contributed by atoms with E-state index in [4.69, 9.17) is 0 Å². The molecule has 2 rings (SSSR count). The number of carbonyl (C=O) groups is 1. The van der Waals surface area contributed by atoms with E-state index in [9.17, 15) is 14.3 Å². The van der Waals surface area contributed by atoms with Crippen LogP contribution in [-0.4, -0.2) is 17.6 Å². The van der Waals surface area contributed by atoms with Gasteiger partial charge in [-0.15, -0.1) is 0 Å². The highest BCUT2D eigenvalue weighted by Gasteiger charge is 2.19. The lowest BCUT2D eigenvalue weighted by Gasteiger charge is -2.23. The molecule has 110 valence electrons. The topological polar surface area (TPSA) is 40.5 Å². The fraction of sp³-hybridized carbons (Fsp3) is 0.235. The minimum absolute atomic E-state index is 0.0944. The molecule has 1 N–H and O–H groups in total. The second kappa shape index (κ2) is 5.95. The van der Waals surface area contributed by atoms with Crippen LogP contribution in [0, 0.1) is 19.7 Å². The molecular weight excluding hydrogens is 269 g/mol. The largest absolute Gasteiger partial charge is 0.508 e. The number of halogens is 1. The molecule has 0 saturated carbocycles. The lowest BCUT2D eigenvalue weighted by Crippen LogP contribution is -2.31. The zero-order valence-electron chi connectivity index (χ0n) is 12.4. The van der Waals surface area contributed by atoms with Gasteiger partial charge in [-0.2, -0.15) is 0 Å². The van der Waals surface area contributed by atoms with Crippen LogP contribution in [-0.2, 0) is 0 Å². The summed E-state index contributed by atoms with van der Waals surface area (Å²) in [6.45, 7) is 5.78. The van der Waals surface area contributed by atoms with Crippen molar-refractivity contribution >= 4 is 11.6 Å². The predicted molar refractivity (Wildman–Crippen MR) is 81.3 cm³/mol. The van der Waals surface area contributed by atoms with Crippen LogP contribution in [0.25, 0.3) is 0 Å². The van der Waals surface area contributed by atoms with Crippen LogP contribution in [0.2, 0.25) is 0 Å². The van der Waals surface area contributed by atoms with Gasteiger partial charge in [0.2, 0.25) is 0 Å². The Labute approximate surface area is 123 Å². The van der Waals surface area contributed by atoms with Crippen LogP contribution in [0.4, 0.5) is 10.1 Å². The van der Waals surface area contributed by atoms with Gasteiger partial charge in [-0.25, -0.2) is 4.39 Å². The molecule has 0 unspecified atom stereocenters. The zero-order valence-corrected chi connectivity index (χ0v) is 12.4. The summed E-state index contributed by atoms with van der Waals surface area (Å²) in [5.74, 6) is -0.591. The standard InChI is InChI=1S/C17H18FNO2/c1-4-19(16-10-14(20)8-6-12(16)3)17(21)13-7-5-11(2)15(18)9-13/h5-10,20H,4H2,1-3H3. The highest BCUT2D eigenvalue weighted by molar-refractivity contribution is 6.06. The van der Waals surface area contributed by atoms with Gasteiger partial charge in [0.05, 0.1) is 5.69 Å². The van der Waals surface area contributed by atoms with E-state index >= 15 is 0 Å². The Hall–Kier alpha value is -2.36. The average molecular weight is 287 g/mol. The molecular formula is C17H18FNO2. The number of anilines is 1. The van der Waals surface area contributed by atoms with Crippen molar-refractivity contribution in [1.82, 2.24) is 0 Å². The minimum Gasteiger partial charge on any atom is -0.508 e. The number of rotatable bonds is 3. The molecule has 0 aliphatic carbocycles. The van der Waals surface area contributed by atoms with E-state index in [-0.39, 0.29) is 11.7 Å². The Bertz CT molecular complexity index is 682. The van der Waals surface area contributed by atoms with E-state index in [0.29, 0.717) is 23.4 Å². The molecule has 0 aliphatic rings. The van der Waals surface area contributed by atoms with Gasteiger partial charge in [0, 0.05) is 18.2 Å². The zero-order chi connectivity index (χ0) is 15.6. The SMILES string of the molecule is CCN(C(=O)c1ccc(C)c(F)c1)c1cc(O)ccc1C. The van der Waals surface area contributed by atoms with Gasteiger partial charge < -0.3 is 10.0 Å². The third kappa shape index (κ3) is 3.05. The van der Waals surface area contributed by atoms with Crippen LogP contribution in [0.1, 0.15) is 28.4 Å². The lowest BCUT2D eigenvalue weighted by molar-refractivity contribution is 0.0987. The third-order valence-electron chi connectivity index (χ3n) is 3.46. The number of aryl methyl sites for hydroxylation is 2. The van der Waals surface area contributed by atoms with Gasteiger partial charge in [0.15, 0.2) is 0 Å². The molecule has 0 fully saturated rings. The van der Waals surface area contributed by atoms with Gasteiger partial charge in [-0.05, 0) is 50.1 Å². The molecule has 2 aromatic rings. The summed E-state index contributed by atoms with van der Waals surface area (Å²) >= 11 is 0. The van der Waals surface area contributed by atoms with Crippen molar-refractivity contribution in [3.8, 4) is 5.75 Å². The van der Waals surface area contributed by atoms with E-state index in [1.54, 1.807) is 37.3 Å². The van der Waals surface area contributed by atoms with Gasteiger partial charge in [0.1, 0.15) is 11.6 Å². The molecule has 0 spiro atoms. The van der Waals surface area contributed by atoms with Crippen LogP contribution in [0.3, 0.4) is 0 Å².